The summed E-state index contributed by atoms with van der Waals surface area (Å²) >= 11 is 18.0. The summed E-state index contributed by atoms with van der Waals surface area (Å²) in [5.74, 6) is -0.453. The summed E-state index contributed by atoms with van der Waals surface area (Å²) in [4.78, 5) is 27.2. The molecule has 7 heteroatoms. The molecule has 2 amide bonds. The molecule has 1 atom stereocenters. The van der Waals surface area contributed by atoms with E-state index in [1.54, 1.807) is 35.2 Å². The van der Waals surface area contributed by atoms with Gasteiger partial charge in [-0.3, -0.25) is 9.59 Å². The lowest BCUT2D eigenvalue weighted by atomic mass is 10.1. The second-order valence-corrected chi connectivity index (χ2v) is 7.41. The maximum Gasteiger partial charge on any atom is 0.254 e. The van der Waals surface area contributed by atoms with Crippen molar-refractivity contribution in [3.05, 3.63) is 62.6 Å². The Balaban J connectivity index is 1.78. The van der Waals surface area contributed by atoms with Gasteiger partial charge in [-0.2, -0.15) is 0 Å². The fraction of sp³-hybridized carbons (Fsp3) is 0.263. The van der Waals surface area contributed by atoms with E-state index in [4.69, 9.17) is 34.8 Å². The number of anilines is 1. The third-order valence-corrected chi connectivity index (χ3v) is 5.66. The van der Waals surface area contributed by atoms with Gasteiger partial charge in [-0.1, -0.05) is 40.9 Å². The molecule has 3 rings (SSSR count). The highest BCUT2D eigenvalue weighted by atomic mass is 35.5. The summed E-state index contributed by atoms with van der Waals surface area (Å²) in [6.45, 7) is 2.36. The van der Waals surface area contributed by atoms with Gasteiger partial charge in [0.2, 0.25) is 5.91 Å². The van der Waals surface area contributed by atoms with Crippen molar-refractivity contribution >= 4 is 52.3 Å². The molecule has 0 radical (unpaired) electrons. The number of amides is 2. The summed E-state index contributed by atoms with van der Waals surface area (Å²) in [6.07, 6.45) is 1.37. The van der Waals surface area contributed by atoms with Crippen molar-refractivity contribution in [3.63, 3.8) is 0 Å². The molecular formula is C19H17Cl3N2O2. The number of benzene rings is 2. The lowest BCUT2D eigenvalue weighted by molar-refractivity contribution is -0.119. The molecule has 1 aliphatic rings. The van der Waals surface area contributed by atoms with Gasteiger partial charge in [0, 0.05) is 22.8 Å². The van der Waals surface area contributed by atoms with Gasteiger partial charge < -0.3 is 10.2 Å². The predicted molar refractivity (Wildman–Crippen MR) is 105 cm³/mol. The highest BCUT2D eigenvalue weighted by molar-refractivity contribution is 6.42. The van der Waals surface area contributed by atoms with Crippen LogP contribution in [0.4, 0.5) is 5.69 Å². The SMILES string of the molecule is Cc1c(Cl)cccc1NC(=O)C1CCCN1C(=O)c1ccc(Cl)c(Cl)c1. The van der Waals surface area contributed by atoms with Crippen LogP contribution in [0.15, 0.2) is 36.4 Å². The molecule has 0 bridgehead atoms. The van der Waals surface area contributed by atoms with Crippen molar-refractivity contribution < 1.29 is 9.59 Å². The first-order valence-electron chi connectivity index (χ1n) is 8.20. The minimum absolute atomic E-state index is 0.221. The van der Waals surface area contributed by atoms with Crippen LogP contribution in [0, 0.1) is 6.92 Å². The Labute approximate surface area is 167 Å². The zero-order valence-corrected chi connectivity index (χ0v) is 16.3. The van der Waals surface area contributed by atoms with Crippen LogP contribution in [0.2, 0.25) is 15.1 Å². The second kappa shape index (κ2) is 7.87. The Morgan fingerprint density at radius 1 is 1.08 bits per heavy atom. The smallest absolute Gasteiger partial charge is 0.254 e. The first kappa shape index (κ1) is 19.0. The number of hydrogen-bond donors (Lipinski definition) is 1. The number of hydrogen-bond acceptors (Lipinski definition) is 2. The largest absolute Gasteiger partial charge is 0.327 e. The highest BCUT2D eigenvalue weighted by Crippen LogP contribution is 2.27. The molecule has 0 aliphatic carbocycles. The maximum absolute atomic E-state index is 12.8. The second-order valence-electron chi connectivity index (χ2n) is 6.19. The Morgan fingerprint density at radius 3 is 2.58 bits per heavy atom. The Bertz CT molecular complexity index is 870. The van der Waals surface area contributed by atoms with E-state index < -0.39 is 6.04 Å². The van der Waals surface area contributed by atoms with Gasteiger partial charge in [0.25, 0.3) is 5.91 Å². The van der Waals surface area contributed by atoms with Gasteiger partial charge in [-0.05, 0) is 55.7 Å². The molecule has 2 aromatic rings. The quantitative estimate of drug-likeness (QED) is 0.755. The minimum Gasteiger partial charge on any atom is -0.327 e. The molecule has 4 nitrogen and oxygen atoms in total. The summed E-state index contributed by atoms with van der Waals surface area (Å²) in [5.41, 5.74) is 1.86. The predicted octanol–water partition coefficient (Wildman–Crippen LogP) is 5.20. The summed E-state index contributed by atoms with van der Waals surface area (Å²) in [7, 11) is 0. The molecule has 0 spiro atoms. The van der Waals surface area contributed by atoms with Gasteiger partial charge in [-0.15, -0.1) is 0 Å². The van der Waals surface area contributed by atoms with E-state index >= 15 is 0 Å². The lowest BCUT2D eigenvalue weighted by Crippen LogP contribution is -2.43. The van der Waals surface area contributed by atoms with Crippen molar-refractivity contribution in [1.29, 1.82) is 0 Å². The van der Waals surface area contributed by atoms with Crippen LogP contribution in [0.1, 0.15) is 28.8 Å². The molecule has 1 aliphatic heterocycles. The van der Waals surface area contributed by atoms with Crippen molar-refractivity contribution in [3.8, 4) is 0 Å². The molecule has 1 saturated heterocycles. The van der Waals surface area contributed by atoms with Gasteiger partial charge in [0.15, 0.2) is 0 Å². The fourth-order valence-corrected chi connectivity index (χ4v) is 3.51. The van der Waals surface area contributed by atoms with Crippen LogP contribution in [0.5, 0.6) is 0 Å². The number of nitrogens with one attached hydrogen (secondary N) is 1. The van der Waals surface area contributed by atoms with Crippen molar-refractivity contribution in [2.75, 3.05) is 11.9 Å². The van der Waals surface area contributed by atoms with Crippen molar-refractivity contribution in [2.45, 2.75) is 25.8 Å². The first-order chi connectivity index (χ1) is 12.4. The number of carbonyl (C=O) groups is 2. The molecule has 1 fully saturated rings. The zero-order chi connectivity index (χ0) is 18.8. The number of nitrogens with zero attached hydrogens (tertiary/aromatic N) is 1. The zero-order valence-electron chi connectivity index (χ0n) is 14.1. The van der Waals surface area contributed by atoms with Gasteiger partial charge in [0.05, 0.1) is 10.0 Å². The van der Waals surface area contributed by atoms with Crippen molar-refractivity contribution in [1.82, 2.24) is 4.90 Å². The summed E-state index contributed by atoms with van der Waals surface area (Å²) in [5, 5.41) is 4.16. The summed E-state index contributed by atoms with van der Waals surface area (Å²) in [6, 6.07) is 9.53. The van der Waals surface area contributed by atoms with Gasteiger partial charge >= 0.3 is 0 Å². The molecule has 2 aromatic carbocycles. The molecule has 1 heterocycles. The average molecular weight is 412 g/mol. The van der Waals surface area contributed by atoms with E-state index in [1.165, 1.54) is 6.07 Å². The Morgan fingerprint density at radius 2 is 1.85 bits per heavy atom. The molecule has 0 saturated carbocycles. The third kappa shape index (κ3) is 3.83. The molecular weight excluding hydrogens is 395 g/mol. The van der Waals surface area contributed by atoms with Crippen LogP contribution in [0.25, 0.3) is 0 Å². The summed E-state index contributed by atoms with van der Waals surface area (Å²) < 4.78 is 0. The number of rotatable bonds is 3. The molecule has 1 N–H and O–H groups in total. The van der Waals surface area contributed by atoms with E-state index in [9.17, 15) is 9.59 Å². The minimum atomic E-state index is -0.532. The normalized spacial score (nSPS) is 16.6. The van der Waals surface area contributed by atoms with E-state index in [0.29, 0.717) is 39.3 Å². The topological polar surface area (TPSA) is 49.4 Å². The number of carbonyl (C=O) groups excluding carboxylic acids is 2. The third-order valence-electron chi connectivity index (χ3n) is 4.51. The molecule has 1 unspecified atom stereocenters. The standard InChI is InChI=1S/C19H17Cl3N2O2/c1-11-13(20)4-2-5-16(11)23-18(25)17-6-3-9-24(17)19(26)12-7-8-14(21)15(22)10-12/h2,4-5,7-8,10,17H,3,6,9H2,1H3,(H,23,25). The van der Waals surface area contributed by atoms with Crippen LogP contribution >= 0.6 is 34.8 Å². The van der Waals surface area contributed by atoms with Gasteiger partial charge in [0.1, 0.15) is 6.04 Å². The first-order valence-corrected chi connectivity index (χ1v) is 9.34. The molecule has 136 valence electrons. The van der Waals surface area contributed by atoms with E-state index in [0.717, 1.165) is 12.0 Å². The van der Waals surface area contributed by atoms with Crippen LogP contribution in [0.3, 0.4) is 0 Å². The molecule has 26 heavy (non-hydrogen) atoms. The van der Waals surface area contributed by atoms with Crippen LogP contribution in [-0.2, 0) is 4.79 Å². The highest BCUT2D eigenvalue weighted by Gasteiger charge is 2.34. The maximum atomic E-state index is 12.8. The van der Waals surface area contributed by atoms with Crippen molar-refractivity contribution in [2.24, 2.45) is 0 Å². The van der Waals surface area contributed by atoms with Gasteiger partial charge in [-0.25, -0.2) is 0 Å². The van der Waals surface area contributed by atoms with Crippen LogP contribution < -0.4 is 5.32 Å². The number of likely N-dealkylation sites (tertiary alicyclic amines) is 1. The Kier molecular flexibility index (Phi) is 5.76. The number of halogens is 3. The van der Waals surface area contributed by atoms with Crippen LogP contribution in [-0.4, -0.2) is 29.3 Å². The average Bonchev–Trinajstić information content (AvgIpc) is 3.10. The molecule has 0 aromatic heterocycles. The monoisotopic (exact) mass is 410 g/mol. The van der Waals surface area contributed by atoms with E-state index in [-0.39, 0.29) is 11.8 Å². The fourth-order valence-electron chi connectivity index (χ4n) is 3.04. The lowest BCUT2D eigenvalue weighted by Gasteiger charge is -2.24. The Hall–Kier alpha value is -1.75. The van der Waals surface area contributed by atoms with E-state index in [1.807, 2.05) is 6.92 Å². The van der Waals surface area contributed by atoms with E-state index in [2.05, 4.69) is 5.32 Å².